The number of amides is 1. The molecule has 5 rings (SSSR count). The molecule has 3 aromatic heterocycles. The summed E-state index contributed by atoms with van der Waals surface area (Å²) in [7, 11) is 1.57. The maximum atomic E-state index is 13.3. The lowest BCUT2D eigenvalue weighted by Gasteiger charge is -2.31. The summed E-state index contributed by atoms with van der Waals surface area (Å²) in [5, 5.41) is 12.7. The van der Waals surface area contributed by atoms with Crippen molar-refractivity contribution in [3.8, 4) is 22.9 Å². The van der Waals surface area contributed by atoms with Gasteiger partial charge in [0, 0.05) is 47.6 Å². The fraction of sp³-hybridized carbons (Fsp3) is 0.308. The molecule has 1 aromatic carbocycles. The lowest BCUT2D eigenvalue weighted by Crippen LogP contribution is -2.34. The van der Waals surface area contributed by atoms with Crippen molar-refractivity contribution in [1.29, 1.82) is 5.26 Å². The summed E-state index contributed by atoms with van der Waals surface area (Å²) in [5.41, 5.74) is 2.95. The average molecular weight is 534 g/mol. The van der Waals surface area contributed by atoms with Crippen LogP contribution < -0.4 is 15.0 Å². The summed E-state index contributed by atoms with van der Waals surface area (Å²) in [5.74, 6) is 1.46. The number of anilines is 2. The van der Waals surface area contributed by atoms with Gasteiger partial charge in [0.15, 0.2) is 15.6 Å². The molecular weight excluding hydrogens is 510 g/mol. The molecule has 1 amide bonds. The number of piperidine rings is 1. The van der Waals surface area contributed by atoms with Gasteiger partial charge in [-0.25, -0.2) is 9.97 Å². The number of nitrogens with one attached hydrogen (secondary N) is 1. The van der Waals surface area contributed by atoms with Crippen LogP contribution in [0.4, 0.5) is 10.9 Å². The predicted molar refractivity (Wildman–Crippen MR) is 144 cm³/mol. The number of nitriles is 1. The largest absolute Gasteiger partial charge is 0.496 e. The Morgan fingerprint density at radius 3 is 2.78 bits per heavy atom. The molecule has 0 unspecified atom stereocenters. The third-order valence-corrected chi connectivity index (χ3v) is 7.48. The number of methoxy groups -OCH3 is 1. The lowest BCUT2D eigenvalue weighted by molar-refractivity contribution is 0.102. The molecule has 0 radical (unpaired) electrons. The quantitative estimate of drug-likeness (QED) is 0.345. The Bertz CT molecular complexity index is 1510. The first-order chi connectivity index (χ1) is 17.9. The number of nitrogens with zero attached hydrogens (tertiary/aromatic N) is 6. The molecule has 11 heteroatoms. The Morgan fingerprint density at radius 2 is 2.03 bits per heavy atom. The third kappa shape index (κ3) is 5.33. The number of aryl methyl sites for hydroxylation is 1. The van der Waals surface area contributed by atoms with E-state index in [4.69, 9.17) is 26.6 Å². The lowest BCUT2D eigenvalue weighted by atomic mass is 9.94. The number of hydrogen-bond acceptors (Lipinski definition) is 9. The molecule has 4 aromatic rings. The zero-order valence-electron chi connectivity index (χ0n) is 20.4. The van der Waals surface area contributed by atoms with E-state index in [1.54, 1.807) is 31.5 Å². The van der Waals surface area contributed by atoms with Crippen molar-refractivity contribution >= 4 is 50.3 Å². The van der Waals surface area contributed by atoms with Crippen LogP contribution in [0.15, 0.2) is 36.7 Å². The summed E-state index contributed by atoms with van der Waals surface area (Å²) < 4.78 is 5.51. The Morgan fingerprint density at radius 1 is 1.22 bits per heavy atom. The highest BCUT2D eigenvalue weighted by molar-refractivity contribution is 7.21. The number of carbonyl (C=O) groups excluding carboxylic acids is 1. The number of ether oxygens (including phenoxy) is 1. The molecule has 188 valence electrons. The first kappa shape index (κ1) is 24.9. The summed E-state index contributed by atoms with van der Waals surface area (Å²) in [6, 6.07) is 9.37. The summed E-state index contributed by atoms with van der Waals surface area (Å²) in [4.78, 5) is 34.2. The van der Waals surface area contributed by atoms with Gasteiger partial charge in [0.25, 0.3) is 5.91 Å². The Kier molecular flexibility index (Phi) is 7.17. The van der Waals surface area contributed by atoms with Crippen LogP contribution >= 0.6 is 22.9 Å². The second-order valence-electron chi connectivity index (χ2n) is 8.84. The zero-order valence-corrected chi connectivity index (χ0v) is 21.9. The minimum Gasteiger partial charge on any atom is -0.496 e. The van der Waals surface area contributed by atoms with Gasteiger partial charge in [0.2, 0.25) is 0 Å². The number of halogens is 1. The van der Waals surface area contributed by atoms with E-state index >= 15 is 0 Å². The van der Waals surface area contributed by atoms with Crippen molar-refractivity contribution in [3.05, 3.63) is 52.9 Å². The fourth-order valence-electron chi connectivity index (χ4n) is 4.43. The third-order valence-electron chi connectivity index (χ3n) is 6.39. The standard InChI is InChI=1S/C26H24ClN7O2S/c1-15-11-18(19-12-17(27)3-4-21(19)36-2)20(13-29-15)24(35)33-26-32-23-25(37-26)31-22(14-30-23)34-9-6-16(5-8-28)7-10-34/h3-4,11-14,16H,5-7,9-10H2,1-2H3,(H,30,32,33,35). The van der Waals surface area contributed by atoms with Gasteiger partial charge in [-0.15, -0.1) is 0 Å². The van der Waals surface area contributed by atoms with Crippen LogP contribution in [0.3, 0.4) is 0 Å². The van der Waals surface area contributed by atoms with Crippen LogP contribution in [0, 0.1) is 24.2 Å². The van der Waals surface area contributed by atoms with Crippen LogP contribution in [0.1, 0.15) is 35.3 Å². The molecule has 0 atom stereocenters. The highest BCUT2D eigenvalue weighted by atomic mass is 35.5. The van der Waals surface area contributed by atoms with Gasteiger partial charge in [-0.05, 0) is 49.9 Å². The zero-order chi connectivity index (χ0) is 25.9. The van der Waals surface area contributed by atoms with Gasteiger partial charge in [-0.3, -0.25) is 15.1 Å². The molecule has 9 nitrogen and oxygen atoms in total. The highest BCUT2D eigenvalue weighted by Gasteiger charge is 2.22. The Labute approximate surface area is 223 Å². The van der Waals surface area contributed by atoms with Crippen molar-refractivity contribution in [2.24, 2.45) is 5.92 Å². The summed E-state index contributed by atoms with van der Waals surface area (Å²) >= 11 is 7.52. The van der Waals surface area contributed by atoms with Gasteiger partial charge in [0.1, 0.15) is 11.6 Å². The van der Waals surface area contributed by atoms with Crippen LogP contribution in [-0.4, -0.2) is 46.0 Å². The highest BCUT2D eigenvalue weighted by Crippen LogP contribution is 2.35. The van der Waals surface area contributed by atoms with Crippen molar-refractivity contribution in [1.82, 2.24) is 19.9 Å². The fourth-order valence-corrected chi connectivity index (χ4v) is 5.39. The SMILES string of the molecule is COc1ccc(Cl)cc1-c1cc(C)ncc1C(=O)Nc1nc2ncc(N3CCC(CC#N)CC3)nc2s1. The maximum Gasteiger partial charge on any atom is 0.259 e. The first-order valence-electron chi connectivity index (χ1n) is 11.8. The van der Waals surface area contributed by atoms with E-state index in [1.807, 2.05) is 13.0 Å². The number of fused-ring (bicyclic) bond motifs is 1. The number of aromatic nitrogens is 4. The van der Waals surface area contributed by atoms with E-state index < -0.39 is 0 Å². The number of pyridine rings is 1. The number of hydrogen-bond donors (Lipinski definition) is 1. The second-order valence-corrected chi connectivity index (χ2v) is 10.3. The Balaban J connectivity index is 1.39. The van der Waals surface area contributed by atoms with Crippen LogP contribution in [0.5, 0.6) is 5.75 Å². The number of carbonyl (C=O) groups is 1. The van der Waals surface area contributed by atoms with E-state index in [1.165, 1.54) is 17.5 Å². The minimum absolute atomic E-state index is 0.358. The summed E-state index contributed by atoms with van der Waals surface area (Å²) in [6.07, 6.45) is 5.77. The van der Waals surface area contributed by atoms with Crippen molar-refractivity contribution in [3.63, 3.8) is 0 Å². The molecule has 0 bridgehead atoms. The minimum atomic E-state index is -0.358. The molecule has 1 N–H and O–H groups in total. The van der Waals surface area contributed by atoms with Crippen LogP contribution in [-0.2, 0) is 0 Å². The van der Waals surface area contributed by atoms with Gasteiger partial charge >= 0.3 is 0 Å². The number of thiazole rings is 1. The first-order valence-corrected chi connectivity index (χ1v) is 13.0. The molecule has 0 aliphatic carbocycles. The summed E-state index contributed by atoms with van der Waals surface area (Å²) in [6.45, 7) is 3.53. The molecule has 1 aliphatic heterocycles. The molecule has 0 spiro atoms. The molecule has 1 saturated heterocycles. The molecular formula is C26H24ClN7O2S. The van der Waals surface area contributed by atoms with E-state index in [9.17, 15) is 4.79 Å². The van der Waals surface area contributed by atoms with Gasteiger partial charge in [0.05, 0.1) is 24.9 Å². The van der Waals surface area contributed by atoms with E-state index in [2.05, 4.69) is 31.2 Å². The molecule has 0 saturated carbocycles. The second kappa shape index (κ2) is 10.7. The van der Waals surface area contributed by atoms with Crippen LogP contribution in [0.25, 0.3) is 21.6 Å². The number of benzene rings is 1. The van der Waals surface area contributed by atoms with Crippen molar-refractivity contribution < 1.29 is 9.53 Å². The van der Waals surface area contributed by atoms with Gasteiger partial charge in [-0.1, -0.05) is 22.9 Å². The predicted octanol–water partition coefficient (Wildman–Crippen LogP) is 5.50. The van der Waals surface area contributed by atoms with Crippen LogP contribution in [0.2, 0.25) is 5.02 Å². The number of rotatable bonds is 6. The Hall–Kier alpha value is -3.81. The average Bonchev–Trinajstić information content (AvgIpc) is 3.30. The van der Waals surface area contributed by atoms with E-state index in [0.717, 1.165) is 37.4 Å². The van der Waals surface area contributed by atoms with E-state index in [0.29, 0.717) is 55.4 Å². The normalized spacial score (nSPS) is 13.9. The van der Waals surface area contributed by atoms with E-state index in [-0.39, 0.29) is 5.91 Å². The molecule has 1 aliphatic rings. The molecule has 4 heterocycles. The topological polar surface area (TPSA) is 117 Å². The molecule has 37 heavy (non-hydrogen) atoms. The molecule has 1 fully saturated rings. The van der Waals surface area contributed by atoms with Crippen molar-refractivity contribution in [2.75, 3.05) is 30.4 Å². The maximum absolute atomic E-state index is 13.3. The van der Waals surface area contributed by atoms with Gasteiger partial charge < -0.3 is 9.64 Å². The smallest absolute Gasteiger partial charge is 0.259 e. The van der Waals surface area contributed by atoms with Gasteiger partial charge in [-0.2, -0.15) is 10.2 Å². The monoisotopic (exact) mass is 533 g/mol. The van der Waals surface area contributed by atoms with Crippen molar-refractivity contribution in [2.45, 2.75) is 26.2 Å².